The van der Waals surface area contributed by atoms with E-state index in [9.17, 15) is 19.7 Å². The molecule has 0 saturated carbocycles. The molecule has 0 N–H and O–H groups in total. The SMILES string of the molecule is C=CCC1CC(=O)N1C=P(c1ccccc1)(c1ccccc1)c1ccc(C(=O)OC(c2ccccc2)[N+](=O)[O-])cc1. The van der Waals surface area contributed by atoms with E-state index in [0.717, 1.165) is 15.9 Å². The van der Waals surface area contributed by atoms with Gasteiger partial charge in [0.15, 0.2) is 0 Å². The molecule has 0 radical (unpaired) electrons. The highest BCUT2D eigenvalue weighted by atomic mass is 31.2. The number of ether oxygens (including phenoxy) is 1. The molecular weight excluding hydrogens is 535 g/mol. The fraction of sp³-hybridized carbons (Fsp3) is 0.121. The van der Waals surface area contributed by atoms with E-state index in [1.54, 1.807) is 42.5 Å². The average molecular weight is 565 g/mol. The van der Waals surface area contributed by atoms with Crippen molar-refractivity contribution in [2.45, 2.75) is 25.1 Å². The Balaban J connectivity index is 1.60. The Kier molecular flexibility index (Phi) is 8.27. The van der Waals surface area contributed by atoms with E-state index in [2.05, 4.69) is 36.8 Å². The molecule has 1 aliphatic heterocycles. The molecule has 2 unspecified atom stereocenters. The Labute approximate surface area is 238 Å². The Hall–Kier alpha value is -4.74. The average Bonchev–Trinajstić information content (AvgIpc) is 3.01. The van der Waals surface area contributed by atoms with Crippen molar-refractivity contribution in [1.82, 2.24) is 4.90 Å². The first-order valence-corrected chi connectivity index (χ1v) is 15.1. The normalized spacial score (nSPS) is 15.4. The number of esters is 1. The van der Waals surface area contributed by atoms with E-state index in [4.69, 9.17) is 4.74 Å². The van der Waals surface area contributed by atoms with Crippen molar-refractivity contribution >= 4 is 40.6 Å². The van der Waals surface area contributed by atoms with Gasteiger partial charge in [-0.15, -0.1) is 6.58 Å². The van der Waals surface area contributed by atoms with Crippen LogP contribution in [0.2, 0.25) is 0 Å². The maximum atomic E-state index is 13.0. The molecule has 0 aromatic heterocycles. The summed E-state index contributed by atoms with van der Waals surface area (Å²) in [6, 6.07) is 35.3. The van der Waals surface area contributed by atoms with E-state index >= 15 is 0 Å². The summed E-state index contributed by atoms with van der Waals surface area (Å²) >= 11 is 0. The van der Waals surface area contributed by atoms with Gasteiger partial charge in [0.25, 0.3) is 0 Å². The van der Waals surface area contributed by atoms with Crippen molar-refractivity contribution < 1.29 is 19.2 Å². The van der Waals surface area contributed by atoms with Crippen LogP contribution < -0.4 is 15.9 Å². The van der Waals surface area contributed by atoms with Crippen molar-refractivity contribution in [3.8, 4) is 0 Å². The van der Waals surface area contributed by atoms with Gasteiger partial charge in [0.05, 0.1) is 16.1 Å². The lowest BCUT2D eigenvalue weighted by molar-refractivity contribution is -0.574. The van der Waals surface area contributed by atoms with Gasteiger partial charge in [-0.2, -0.15) is 0 Å². The maximum Gasteiger partial charge on any atom is 0.383 e. The molecule has 8 heteroatoms. The molecule has 1 saturated heterocycles. The van der Waals surface area contributed by atoms with Crippen LogP contribution in [-0.4, -0.2) is 33.7 Å². The molecule has 1 aliphatic rings. The Morgan fingerprint density at radius 2 is 1.41 bits per heavy atom. The van der Waals surface area contributed by atoms with Crippen LogP contribution in [0.15, 0.2) is 128 Å². The zero-order chi connectivity index (χ0) is 28.8. The third kappa shape index (κ3) is 5.63. The summed E-state index contributed by atoms with van der Waals surface area (Å²) in [6.45, 7) is 1.33. The van der Waals surface area contributed by atoms with E-state index in [-0.39, 0.29) is 23.1 Å². The van der Waals surface area contributed by atoms with Crippen LogP contribution in [0.4, 0.5) is 0 Å². The monoisotopic (exact) mass is 564 g/mol. The standard InChI is InChI=1S/C33H29N2O5P/c1-2-12-27-23-31(36)34(27)24-41(28-15-8-4-9-16-28,29-17-10-5-11-18-29)30-21-19-26(20-22-30)33(37)40-32(35(38)39)25-13-6-3-7-14-25/h2-11,13-22,24,27,32H,1,12,23H2. The van der Waals surface area contributed by atoms with E-state index in [1.165, 1.54) is 0 Å². The number of nitrogens with zero attached hydrogens (tertiary/aromatic N) is 2. The van der Waals surface area contributed by atoms with Crippen LogP contribution in [0, 0.1) is 10.1 Å². The summed E-state index contributed by atoms with van der Waals surface area (Å²) in [5, 5.41) is 14.7. The van der Waals surface area contributed by atoms with Crippen molar-refractivity contribution in [1.29, 1.82) is 0 Å². The summed E-state index contributed by atoms with van der Waals surface area (Å²) in [4.78, 5) is 38.8. The number of carbonyl (C=O) groups excluding carboxylic acids is 2. The molecule has 1 heterocycles. The van der Waals surface area contributed by atoms with Crippen LogP contribution in [0.5, 0.6) is 0 Å². The van der Waals surface area contributed by atoms with Gasteiger partial charge in [-0.1, -0.05) is 97.1 Å². The van der Waals surface area contributed by atoms with Crippen LogP contribution in [0.3, 0.4) is 0 Å². The predicted molar refractivity (Wildman–Crippen MR) is 163 cm³/mol. The van der Waals surface area contributed by atoms with Gasteiger partial charge >= 0.3 is 12.2 Å². The maximum absolute atomic E-state index is 13.0. The molecule has 4 aromatic carbocycles. The fourth-order valence-corrected chi connectivity index (χ4v) is 8.95. The smallest absolute Gasteiger partial charge is 0.383 e. The number of rotatable bonds is 10. The van der Waals surface area contributed by atoms with Crippen molar-refractivity contribution in [2.75, 3.05) is 0 Å². The molecule has 0 bridgehead atoms. The number of amides is 1. The van der Waals surface area contributed by atoms with Crippen molar-refractivity contribution in [2.24, 2.45) is 0 Å². The molecule has 0 aliphatic carbocycles. The van der Waals surface area contributed by atoms with Gasteiger partial charge < -0.3 is 9.64 Å². The number of carbonyl (C=O) groups is 2. The first-order valence-electron chi connectivity index (χ1n) is 13.2. The highest BCUT2D eigenvalue weighted by Crippen LogP contribution is 2.45. The zero-order valence-corrected chi connectivity index (χ0v) is 23.2. The Morgan fingerprint density at radius 3 is 1.90 bits per heavy atom. The minimum Gasteiger partial charge on any atom is -0.390 e. The number of hydrogen-bond acceptors (Lipinski definition) is 5. The number of hydrogen-bond donors (Lipinski definition) is 0. The molecule has 206 valence electrons. The van der Waals surface area contributed by atoms with Crippen molar-refractivity contribution in [3.63, 3.8) is 0 Å². The summed E-state index contributed by atoms with van der Waals surface area (Å²) in [6.07, 6.45) is 1.37. The largest absolute Gasteiger partial charge is 0.390 e. The van der Waals surface area contributed by atoms with Crippen LogP contribution in [0.25, 0.3) is 0 Å². The lowest BCUT2D eigenvalue weighted by Crippen LogP contribution is -2.52. The van der Waals surface area contributed by atoms with Crippen molar-refractivity contribution in [3.05, 3.63) is 149 Å². The van der Waals surface area contributed by atoms with Crippen LogP contribution in [-0.2, 0) is 9.53 Å². The van der Waals surface area contributed by atoms with E-state index < -0.39 is 24.0 Å². The zero-order valence-electron chi connectivity index (χ0n) is 22.3. The number of benzene rings is 4. The number of β-lactam (4-membered cyclic amide) rings is 1. The first-order chi connectivity index (χ1) is 19.9. The summed E-state index contributed by atoms with van der Waals surface area (Å²) in [5.74, 6) is 1.35. The van der Waals surface area contributed by atoms with E-state index in [1.807, 2.05) is 59.5 Å². The molecule has 2 atom stereocenters. The highest BCUT2D eigenvalue weighted by Gasteiger charge is 2.37. The molecule has 0 spiro atoms. The van der Waals surface area contributed by atoms with Gasteiger partial charge in [0.1, 0.15) is 0 Å². The lowest BCUT2D eigenvalue weighted by Gasteiger charge is -2.41. The molecule has 41 heavy (non-hydrogen) atoms. The van der Waals surface area contributed by atoms with Crippen LogP contribution >= 0.6 is 6.89 Å². The highest BCUT2D eigenvalue weighted by molar-refractivity contribution is 7.94. The second-order valence-corrected chi connectivity index (χ2v) is 12.9. The quantitative estimate of drug-likeness (QED) is 0.0512. The summed E-state index contributed by atoms with van der Waals surface area (Å²) < 4.78 is 5.33. The third-order valence-corrected chi connectivity index (χ3v) is 11.1. The molecule has 1 amide bonds. The molecule has 1 fully saturated rings. The van der Waals surface area contributed by atoms with E-state index in [0.29, 0.717) is 12.8 Å². The van der Waals surface area contributed by atoms with Gasteiger partial charge in [0, 0.05) is 18.4 Å². The number of nitro groups is 1. The molecular formula is C33H29N2O5P. The lowest BCUT2D eigenvalue weighted by atomic mass is 10.0. The van der Waals surface area contributed by atoms with Gasteiger partial charge in [-0.25, -0.2) is 4.79 Å². The molecule has 5 rings (SSSR count). The topological polar surface area (TPSA) is 89.8 Å². The van der Waals surface area contributed by atoms with Gasteiger partial charge in [-0.3, -0.25) is 14.9 Å². The first kappa shape index (κ1) is 27.8. The summed E-state index contributed by atoms with van der Waals surface area (Å²) in [7, 11) is 0. The number of likely N-dealkylation sites (tertiary alicyclic amines) is 1. The third-order valence-electron chi connectivity index (χ3n) is 7.16. The second kappa shape index (κ2) is 12.2. The molecule has 7 nitrogen and oxygen atoms in total. The van der Waals surface area contributed by atoms with Gasteiger partial charge in [0.2, 0.25) is 5.91 Å². The Bertz CT molecular complexity index is 1560. The Morgan fingerprint density at radius 1 is 0.902 bits per heavy atom. The second-order valence-electron chi connectivity index (χ2n) is 9.69. The van der Waals surface area contributed by atoms with Crippen LogP contribution in [0.1, 0.15) is 35.0 Å². The minimum absolute atomic E-state index is 0.0399. The fourth-order valence-electron chi connectivity index (χ4n) is 5.06. The molecule has 4 aromatic rings. The predicted octanol–water partition coefficient (Wildman–Crippen LogP) is 5.05. The summed E-state index contributed by atoms with van der Waals surface area (Å²) in [5.41, 5.74) is 0.476. The minimum atomic E-state index is -2.53. The van der Waals surface area contributed by atoms with Gasteiger partial charge in [-0.05, 0) is 53.5 Å².